The van der Waals surface area contributed by atoms with Crippen LogP contribution < -0.4 is 5.32 Å². The molecule has 21 heavy (non-hydrogen) atoms. The van der Waals surface area contributed by atoms with Gasteiger partial charge in [0.1, 0.15) is 0 Å². The molecule has 0 saturated carbocycles. The second kappa shape index (κ2) is 6.22. The molecule has 1 aromatic rings. The number of aromatic nitrogens is 1. The fourth-order valence-corrected chi connectivity index (χ4v) is 3.63. The molecule has 3 heterocycles. The summed E-state index contributed by atoms with van der Waals surface area (Å²) in [6.45, 7) is 5.02. The van der Waals surface area contributed by atoms with Crippen LogP contribution in [0, 0.1) is 11.8 Å². The van der Waals surface area contributed by atoms with Crippen LogP contribution in [-0.4, -0.2) is 35.0 Å². The van der Waals surface area contributed by atoms with E-state index in [2.05, 4.69) is 47.1 Å². The van der Waals surface area contributed by atoms with E-state index >= 15 is 0 Å². The molecule has 4 heteroatoms. The molecule has 2 atom stereocenters. The lowest BCUT2D eigenvalue weighted by molar-refractivity contribution is -0.140. The lowest BCUT2D eigenvalue weighted by Crippen LogP contribution is -2.51. The molecule has 0 spiro atoms. The van der Waals surface area contributed by atoms with Crippen molar-refractivity contribution in [1.82, 2.24) is 14.8 Å². The van der Waals surface area contributed by atoms with Crippen molar-refractivity contribution < 1.29 is 4.79 Å². The molecular formula is C17H27N3O. The Kier molecular flexibility index (Phi) is 4.34. The van der Waals surface area contributed by atoms with E-state index < -0.39 is 0 Å². The lowest BCUT2D eigenvalue weighted by Gasteiger charge is -2.38. The third-order valence-corrected chi connectivity index (χ3v) is 5.27. The quantitative estimate of drug-likeness (QED) is 0.927. The summed E-state index contributed by atoms with van der Waals surface area (Å²) < 4.78 is 2.17. The minimum absolute atomic E-state index is 0.145. The molecule has 3 rings (SSSR count). The van der Waals surface area contributed by atoms with Gasteiger partial charge in [-0.25, -0.2) is 0 Å². The number of nitrogens with zero attached hydrogens (tertiary/aromatic N) is 2. The van der Waals surface area contributed by atoms with Crippen LogP contribution in [0.4, 0.5) is 0 Å². The van der Waals surface area contributed by atoms with Gasteiger partial charge in [0.2, 0.25) is 5.91 Å². The van der Waals surface area contributed by atoms with Crippen molar-refractivity contribution in [3.63, 3.8) is 0 Å². The first-order chi connectivity index (χ1) is 10.2. The Bertz CT molecular complexity index is 492. The van der Waals surface area contributed by atoms with Crippen molar-refractivity contribution in [1.29, 1.82) is 0 Å². The van der Waals surface area contributed by atoms with Crippen molar-refractivity contribution in [3.8, 4) is 0 Å². The Morgan fingerprint density at radius 1 is 1.33 bits per heavy atom. The molecule has 0 radical (unpaired) electrons. The van der Waals surface area contributed by atoms with Crippen LogP contribution >= 0.6 is 0 Å². The predicted octanol–water partition coefficient (Wildman–Crippen LogP) is 2.32. The zero-order chi connectivity index (χ0) is 14.8. The fraction of sp³-hybridized carbons (Fsp3) is 0.706. The second-order valence-electron chi connectivity index (χ2n) is 6.65. The largest absolute Gasteiger partial charge is 0.353 e. The fourth-order valence-electron chi connectivity index (χ4n) is 3.63. The van der Waals surface area contributed by atoms with E-state index in [1.54, 1.807) is 0 Å². The molecule has 1 aromatic heterocycles. The molecule has 1 N–H and O–H groups in total. The summed E-state index contributed by atoms with van der Waals surface area (Å²) in [6.07, 6.45) is 6.78. The molecule has 0 aliphatic carbocycles. The van der Waals surface area contributed by atoms with Gasteiger partial charge in [0, 0.05) is 31.4 Å². The van der Waals surface area contributed by atoms with Gasteiger partial charge in [-0.1, -0.05) is 19.8 Å². The number of rotatable bonds is 3. The number of hydrogen-bond acceptors (Lipinski definition) is 2. The minimum atomic E-state index is 0.145. The predicted molar refractivity (Wildman–Crippen MR) is 83.9 cm³/mol. The van der Waals surface area contributed by atoms with Crippen LogP contribution in [0.3, 0.4) is 0 Å². The highest BCUT2D eigenvalue weighted by Gasteiger charge is 2.35. The summed E-state index contributed by atoms with van der Waals surface area (Å²) in [5.41, 5.74) is 1.28. The summed E-state index contributed by atoms with van der Waals surface area (Å²) in [5.74, 6) is 1.02. The zero-order valence-corrected chi connectivity index (χ0v) is 13.2. The second-order valence-corrected chi connectivity index (χ2v) is 6.65. The van der Waals surface area contributed by atoms with Crippen LogP contribution in [0.15, 0.2) is 18.3 Å². The first-order valence-electron chi connectivity index (χ1n) is 8.31. The molecule has 2 fully saturated rings. The van der Waals surface area contributed by atoms with Crippen LogP contribution in [0.25, 0.3) is 0 Å². The van der Waals surface area contributed by atoms with Crippen LogP contribution in [0.5, 0.6) is 0 Å². The highest BCUT2D eigenvalue weighted by atomic mass is 16.2. The molecule has 1 amide bonds. The maximum absolute atomic E-state index is 13.0. The van der Waals surface area contributed by atoms with E-state index in [-0.39, 0.29) is 12.0 Å². The normalized spacial score (nSPS) is 25.2. The molecule has 116 valence electrons. The Morgan fingerprint density at radius 2 is 2.14 bits per heavy atom. The Labute approximate surface area is 127 Å². The van der Waals surface area contributed by atoms with Gasteiger partial charge in [0.25, 0.3) is 0 Å². The van der Waals surface area contributed by atoms with Gasteiger partial charge in [-0.05, 0) is 44.0 Å². The Balaban J connectivity index is 1.81. The van der Waals surface area contributed by atoms with Gasteiger partial charge in [0.15, 0.2) is 0 Å². The van der Waals surface area contributed by atoms with E-state index in [1.807, 2.05) is 0 Å². The smallest absolute Gasteiger partial charge is 0.226 e. The zero-order valence-electron chi connectivity index (χ0n) is 13.2. The lowest BCUT2D eigenvalue weighted by atomic mass is 9.87. The molecule has 2 saturated heterocycles. The average Bonchev–Trinajstić information content (AvgIpc) is 2.70. The van der Waals surface area contributed by atoms with Gasteiger partial charge in [-0.3, -0.25) is 4.79 Å². The molecule has 2 aliphatic heterocycles. The summed E-state index contributed by atoms with van der Waals surface area (Å²) in [6, 6.07) is 4.52. The highest BCUT2D eigenvalue weighted by molar-refractivity contribution is 5.79. The highest BCUT2D eigenvalue weighted by Crippen LogP contribution is 2.32. The average molecular weight is 289 g/mol. The van der Waals surface area contributed by atoms with Crippen molar-refractivity contribution in [3.05, 3.63) is 24.0 Å². The summed E-state index contributed by atoms with van der Waals surface area (Å²) in [7, 11) is 2.09. The van der Waals surface area contributed by atoms with Crippen molar-refractivity contribution in [2.75, 3.05) is 19.6 Å². The van der Waals surface area contributed by atoms with Gasteiger partial charge in [-0.2, -0.15) is 0 Å². The number of nitrogens with one attached hydrogen (secondary N) is 1. The number of likely N-dealkylation sites (tertiary alicyclic amines) is 1. The Hall–Kier alpha value is -1.29. The summed E-state index contributed by atoms with van der Waals surface area (Å²) >= 11 is 0. The molecule has 4 nitrogen and oxygen atoms in total. The van der Waals surface area contributed by atoms with Crippen molar-refractivity contribution in [2.45, 2.75) is 38.6 Å². The van der Waals surface area contributed by atoms with Crippen LogP contribution in [0.1, 0.15) is 44.3 Å². The topological polar surface area (TPSA) is 37.3 Å². The molecule has 2 aliphatic rings. The molecule has 0 bridgehead atoms. The minimum Gasteiger partial charge on any atom is -0.353 e. The number of amides is 1. The van der Waals surface area contributed by atoms with Gasteiger partial charge in [-0.15, -0.1) is 0 Å². The van der Waals surface area contributed by atoms with Crippen molar-refractivity contribution in [2.24, 2.45) is 18.9 Å². The van der Waals surface area contributed by atoms with Crippen molar-refractivity contribution >= 4 is 5.91 Å². The van der Waals surface area contributed by atoms with E-state index in [9.17, 15) is 4.79 Å². The van der Waals surface area contributed by atoms with Gasteiger partial charge in [0.05, 0.1) is 6.04 Å². The summed E-state index contributed by atoms with van der Waals surface area (Å²) in [4.78, 5) is 15.2. The number of carbonyl (C=O) groups excluding carboxylic acids is 1. The summed E-state index contributed by atoms with van der Waals surface area (Å²) in [5, 5.41) is 3.29. The van der Waals surface area contributed by atoms with Gasteiger partial charge >= 0.3 is 0 Å². The first kappa shape index (κ1) is 14.6. The molecule has 2 unspecified atom stereocenters. The maximum atomic E-state index is 13.0. The van der Waals surface area contributed by atoms with E-state index in [0.29, 0.717) is 11.8 Å². The van der Waals surface area contributed by atoms with Gasteiger partial charge < -0.3 is 14.8 Å². The van der Waals surface area contributed by atoms with E-state index in [4.69, 9.17) is 0 Å². The maximum Gasteiger partial charge on any atom is 0.226 e. The standard InChI is InChI=1S/C17H27N3O/c1-13(14-11-18-12-14)17(21)20-10-5-3-4-7-16(20)15-8-6-9-19(15)2/h6,8-9,13-14,16,18H,3-5,7,10-12H2,1-2H3. The van der Waals surface area contributed by atoms with Crippen LogP contribution in [-0.2, 0) is 11.8 Å². The number of aryl methyl sites for hydroxylation is 1. The monoisotopic (exact) mass is 289 g/mol. The van der Waals surface area contributed by atoms with E-state index in [0.717, 1.165) is 32.5 Å². The van der Waals surface area contributed by atoms with E-state index in [1.165, 1.54) is 18.5 Å². The molecule has 0 aromatic carbocycles. The Morgan fingerprint density at radius 3 is 2.76 bits per heavy atom. The molecular weight excluding hydrogens is 262 g/mol. The van der Waals surface area contributed by atoms with Crippen LogP contribution in [0.2, 0.25) is 0 Å². The number of carbonyl (C=O) groups is 1. The third-order valence-electron chi connectivity index (χ3n) is 5.27. The first-order valence-corrected chi connectivity index (χ1v) is 8.31. The SMILES string of the molecule is CC(C(=O)N1CCCCCC1c1cccn1C)C1CNC1. The number of hydrogen-bond donors (Lipinski definition) is 1. The third kappa shape index (κ3) is 2.86.